The third-order valence-electron chi connectivity index (χ3n) is 3.85. The van der Waals surface area contributed by atoms with Crippen molar-refractivity contribution in [3.8, 4) is 0 Å². The molecule has 1 aliphatic heterocycles. The van der Waals surface area contributed by atoms with Gasteiger partial charge in [0.25, 0.3) is 0 Å². The number of anilines is 1. The van der Waals surface area contributed by atoms with E-state index in [0.29, 0.717) is 23.6 Å². The Kier molecular flexibility index (Phi) is 6.72. The smallest absolute Gasteiger partial charge is 0.240 e. The number of carbonyl (C=O) groups excluding carboxylic acids is 1. The molecule has 6 nitrogen and oxygen atoms in total. The van der Waals surface area contributed by atoms with E-state index in [1.54, 1.807) is 0 Å². The summed E-state index contributed by atoms with van der Waals surface area (Å²) in [6.07, 6.45) is 4.98. The van der Waals surface area contributed by atoms with Crippen LogP contribution in [0.15, 0.2) is 0 Å². The first-order chi connectivity index (χ1) is 10.6. The summed E-state index contributed by atoms with van der Waals surface area (Å²) in [5.41, 5.74) is 0. The van der Waals surface area contributed by atoms with E-state index in [9.17, 15) is 4.79 Å². The number of carbonyl (C=O) groups is 1. The molecule has 1 amide bonds. The topological polar surface area (TPSA) is 78.4 Å². The molecule has 1 saturated heterocycles. The number of amides is 1. The lowest BCUT2D eigenvalue weighted by Crippen LogP contribution is -2.44. The fourth-order valence-corrected chi connectivity index (χ4v) is 3.79. The Labute approximate surface area is 135 Å². The van der Waals surface area contributed by atoms with Crippen LogP contribution in [0.4, 0.5) is 5.13 Å². The Morgan fingerprint density at radius 3 is 3.00 bits per heavy atom. The third kappa shape index (κ3) is 5.30. The Hall–Kier alpha value is -1.05. The van der Waals surface area contributed by atoms with Crippen LogP contribution in [0.3, 0.4) is 0 Å². The molecule has 0 aromatic carbocycles. The van der Waals surface area contributed by atoms with Gasteiger partial charge in [0, 0.05) is 19.1 Å². The summed E-state index contributed by atoms with van der Waals surface area (Å²) in [7, 11) is 0. The van der Waals surface area contributed by atoms with Crippen LogP contribution in [-0.2, 0) is 11.2 Å². The number of hydrogen-bond donors (Lipinski definition) is 2. The molecule has 22 heavy (non-hydrogen) atoms. The molecule has 1 atom stereocenters. The van der Waals surface area contributed by atoms with E-state index in [2.05, 4.69) is 34.3 Å². The summed E-state index contributed by atoms with van der Waals surface area (Å²) in [5, 5.41) is 21.7. The highest BCUT2D eigenvalue weighted by molar-refractivity contribution is 7.15. The summed E-state index contributed by atoms with van der Waals surface area (Å²) < 4.78 is 0. The van der Waals surface area contributed by atoms with Crippen molar-refractivity contribution < 1.29 is 9.90 Å². The van der Waals surface area contributed by atoms with E-state index in [1.807, 2.05) is 0 Å². The summed E-state index contributed by atoms with van der Waals surface area (Å²) in [5.74, 6) is 0.487. The van der Waals surface area contributed by atoms with Gasteiger partial charge in [-0.05, 0) is 31.7 Å². The van der Waals surface area contributed by atoms with E-state index in [0.717, 1.165) is 37.2 Å². The van der Waals surface area contributed by atoms with Gasteiger partial charge in [0.1, 0.15) is 5.01 Å². The summed E-state index contributed by atoms with van der Waals surface area (Å²) in [6.45, 7) is 5.74. The molecule has 0 aliphatic carbocycles. The molecule has 0 saturated carbocycles. The van der Waals surface area contributed by atoms with Crippen molar-refractivity contribution in [1.29, 1.82) is 0 Å². The molecule has 1 aliphatic rings. The Morgan fingerprint density at radius 2 is 2.27 bits per heavy atom. The van der Waals surface area contributed by atoms with Crippen LogP contribution < -0.4 is 5.32 Å². The SMILES string of the molecule is CC(C)Cc1nnc(NC(=O)CN2CCCCC2CCO)s1. The molecule has 1 unspecified atom stereocenters. The van der Waals surface area contributed by atoms with Gasteiger partial charge in [-0.3, -0.25) is 15.0 Å². The van der Waals surface area contributed by atoms with Crippen LogP contribution in [0.25, 0.3) is 0 Å². The van der Waals surface area contributed by atoms with Crippen LogP contribution in [0.2, 0.25) is 0 Å². The van der Waals surface area contributed by atoms with Crippen molar-refractivity contribution in [3.05, 3.63) is 5.01 Å². The number of rotatable bonds is 7. The normalized spacial score (nSPS) is 19.5. The first-order valence-corrected chi connectivity index (χ1v) is 8.87. The molecule has 2 heterocycles. The maximum atomic E-state index is 12.2. The highest BCUT2D eigenvalue weighted by Crippen LogP contribution is 2.21. The number of aliphatic hydroxyl groups is 1. The van der Waals surface area contributed by atoms with Crippen LogP contribution in [0, 0.1) is 5.92 Å². The van der Waals surface area contributed by atoms with Crippen LogP contribution in [0.1, 0.15) is 44.5 Å². The van der Waals surface area contributed by atoms with E-state index in [1.165, 1.54) is 17.8 Å². The molecule has 0 bridgehead atoms. The van der Waals surface area contributed by atoms with Crippen molar-refractivity contribution in [2.45, 2.75) is 52.0 Å². The average Bonchev–Trinajstić information content (AvgIpc) is 2.87. The zero-order chi connectivity index (χ0) is 15.9. The Balaban J connectivity index is 1.84. The van der Waals surface area contributed by atoms with E-state index < -0.39 is 0 Å². The molecular weight excluding hydrogens is 300 g/mol. The number of likely N-dealkylation sites (tertiary alicyclic amines) is 1. The lowest BCUT2D eigenvalue weighted by molar-refractivity contribution is -0.118. The molecule has 1 fully saturated rings. The second kappa shape index (κ2) is 8.55. The van der Waals surface area contributed by atoms with Crippen molar-refractivity contribution in [3.63, 3.8) is 0 Å². The van der Waals surface area contributed by atoms with Gasteiger partial charge in [-0.1, -0.05) is 31.6 Å². The number of piperidine rings is 1. The summed E-state index contributed by atoms with van der Waals surface area (Å²) in [6, 6.07) is 0.315. The predicted octanol–water partition coefficient (Wildman–Crippen LogP) is 1.91. The Bertz CT molecular complexity index is 476. The quantitative estimate of drug-likeness (QED) is 0.800. The average molecular weight is 326 g/mol. The van der Waals surface area contributed by atoms with Gasteiger partial charge in [0.2, 0.25) is 11.0 Å². The first kappa shape index (κ1) is 17.3. The largest absolute Gasteiger partial charge is 0.396 e. The van der Waals surface area contributed by atoms with Crippen molar-refractivity contribution in [2.24, 2.45) is 5.92 Å². The van der Waals surface area contributed by atoms with Gasteiger partial charge in [-0.25, -0.2) is 0 Å². The monoisotopic (exact) mass is 326 g/mol. The van der Waals surface area contributed by atoms with Crippen molar-refractivity contribution in [1.82, 2.24) is 15.1 Å². The summed E-state index contributed by atoms with van der Waals surface area (Å²) in [4.78, 5) is 14.4. The number of nitrogens with zero attached hydrogens (tertiary/aromatic N) is 3. The molecule has 124 valence electrons. The highest BCUT2D eigenvalue weighted by Gasteiger charge is 2.24. The zero-order valence-corrected chi connectivity index (χ0v) is 14.2. The zero-order valence-electron chi connectivity index (χ0n) is 13.4. The van der Waals surface area contributed by atoms with E-state index >= 15 is 0 Å². The second-order valence-electron chi connectivity index (χ2n) is 6.28. The maximum Gasteiger partial charge on any atom is 0.240 e. The molecule has 1 aromatic heterocycles. The lowest BCUT2D eigenvalue weighted by Gasteiger charge is -2.34. The highest BCUT2D eigenvalue weighted by atomic mass is 32.1. The minimum absolute atomic E-state index is 0.0444. The molecule has 0 spiro atoms. The van der Waals surface area contributed by atoms with Crippen LogP contribution in [-0.4, -0.2) is 51.8 Å². The van der Waals surface area contributed by atoms with Gasteiger partial charge >= 0.3 is 0 Å². The molecule has 0 radical (unpaired) electrons. The van der Waals surface area contributed by atoms with Gasteiger partial charge in [-0.2, -0.15) is 0 Å². The predicted molar refractivity (Wildman–Crippen MR) is 88.0 cm³/mol. The van der Waals surface area contributed by atoms with Gasteiger partial charge in [0.05, 0.1) is 6.54 Å². The van der Waals surface area contributed by atoms with Crippen molar-refractivity contribution in [2.75, 3.05) is 25.0 Å². The van der Waals surface area contributed by atoms with E-state index in [4.69, 9.17) is 5.11 Å². The third-order valence-corrected chi connectivity index (χ3v) is 4.72. The number of aromatic nitrogens is 2. The first-order valence-electron chi connectivity index (χ1n) is 8.05. The second-order valence-corrected chi connectivity index (χ2v) is 7.34. The fourth-order valence-electron chi connectivity index (χ4n) is 2.82. The number of hydrogen-bond acceptors (Lipinski definition) is 6. The van der Waals surface area contributed by atoms with Gasteiger partial charge < -0.3 is 5.11 Å². The lowest BCUT2D eigenvalue weighted by atomic mass is 10.00. The van der Waals surface area contributed by atoms with E-state index in [-0.39, 0.29) is 12.5 Å². The van der Waals surface area contributed by atoms with Crippen molar-refractivity contribution >= 4 is 22.4 Å². The summed E-state index contributed by atoms with van der Waals surface area (Å²) >= 11 is 1.45. The minimum Gasteiger partial charge on any atom is -0.396 e. The Morgan fingerprint density at radius 1 is 1.45 bits per heavy atom. The molecule has 7 heteroatoms. The van der Waals surface area contributed by atoms with Gasteiger partial charge in [-0.15, -0.1) is 10.2 Å². The molecule has 1 aromatic rings. The number of nitrogens with one attached hydrogen (secondary N) is 1. The number of aliphatic hydroxyl groups excluding tert-OH is 1. The maximum absolute atomic E-state index is 12.2. The minimum atomic E-state index is -0.0444. The van der Waals surface area contributed by atoms with Gasteiger partial charge in [0.15, 0.2) is 0 Å². The molecular formula is C15H26N4O2S. The van der Waals surface area contributed by atoms with Crippen LogP contribution >= 0.6 is 11.3 Å². The fraction of sp³-hybridized carbons (Fsp3) is 0.800. The molecule has 2 N–H and O–H groups in total. The molecule has 2 rings (SSSR count). The van der Waals surface area contributed by atoms with Crippen LogP contribution in [0.5, 0.6) is 0 Å². The standard InChI is InChI=1S/C15H26N4O2S/c1-11(2)9-14-17-18-15(22-14)16-13(21)10-19-7-4-3-5-12(19)6-8-20/h11-12,20H,3-10H2,1-2H3,(H,16,18,21).